The fraction of sp³-hybridized carbons (Fsp3) is 0.154. The maximum absolute atomic E-state index is 11.9. The minimum Gasteiger partial charge on any atom is -0.370 e. The number of carbonyl (C=O) groups is 1. The molecule has 0 aliphatic carbocycles. The number of aliphatic imine (C=N–C) groups is 1. The molecule has 8 heteroatoms. The third-order valence-corrected chi connectivity index (χ3v) is 3.22. The molecular formula is C13H16ClN5OS. The van der Waals surface area contributed by atoms with Crippen LogP contribution >= 0.6 is 23.7 Å². The van der Waals surface area contributed by atoms with Gasteiger partial charge in [0.2, 0.25) is 11.0 Å². The van der Waals surface area contributed by atoms with E-state index < -0.39 is 0 Å². The summed E-state index contributed by atoms with van der Waals surface area (Å²) in [6.07, 6.45) is 0.185. The van der Waals surface area contributed by atoms with Gasteiger partial charge in [0, 0.05) is 11.1 Å². The summed E-state index contributed by atoms with van der Waals surface area (Å²) >= 11 is 1.29. The maximum atomic E-state index is 11.9. The smallest absolute Gasteiger partial charge is 0.230 e. The zero-order chi connectivity index (χ0) is 14.5. The van der Waals surface area contributed by atoms with E-state index in [9.17, 15) is 4.79 Å². The topological polar surface area (TPSA) is 106 Å². The Bertz CT molecular complexity index is 634. The van der Waals surface area contributed by atoms with Crippen molar-refractivity contribution in [3.63, 3.8) is 0 Å². The lowest BCUT2D eigenvalue weighted by atomic mass is 10.2. The summed E-state index contributed by atoms with van der Waals surface area (Å²) < 4.78 is 0. The number of amides is 1. The molecule has 0 aliphatic heterocycles. The van der Waals surface area contributed by atoms with E-state index in [0.29, 0.717) is 10.8 Å². The SMILES string of the molecule is Cc1ccc(NC(=O)Cc2csc(N=C(N)N)n2)cc1.Cl. The number of guanidine groups is 1. The molecule has 1 aromatic heterocycles. The molecule has 21 heavy (non-hydrogen) atoms. The van der Waals surface area contributed by atoms with Gasteiger partial charge in [-0.2, -0.15) is 4.99 Å². The summed E-state index contributed by atoms with van der Waals surface area (Å²) in [6.45, 7) is 1.99. The third kappa shape index (κ3) is 5.41. The Balaban J connectivity index is 0.00000220. The van der Waals surface area contributed by atoms with E-state index in [1.54, 1.807) is 5.38 Å². The average molecular weight is 326 g/mol. The second-order valence-corrected chi connectivity index (χ2v) is 5.09. The van der Waals surface area contributed by atoms with Crippen LogP contribution in [0.25, 0.3) is 0 Å². The summed E-state index contributed by atoms with van der Waals surface area (Å²) in [5.41, 5.74) is 13.1. The van der Waals surface area contributed by atoms with Crippen molar-refractivity contribution in [2.45, 2.75) is 13.3 Å². The number of hydrogen-bond acceptors (Lipinski definition) is 4. The van der Waals surface area contributed by atoms with Gasteiger partial charge in [0.25, 0.3) is 0 Å². The van der Waals surface area contributed by atoms with Crippen molar-refractivity contribution >= 4 is 46.4 Å². The highest BCUT2D eigenvalue weighted by Gasteiger charge is 2.08. The summed E-state index contributed by atoms with van der Waals surface area (Å²) in [7, 11) is 0. The Morgan fingerprint density at radius 1 is 1.33 bits per heavy atom. The number of anilines is 1. The third-order valence-electron chi connectivity index (χ3n) is 2.44. The number of aromatic nitrogens is 1. The molecule has 2 rings (SSSR count). The lowest BCUT2D eigenvalue weighted by molar-refractivity contribution is -0.115. The first-order valence-electron chi connectivity index (χ1n) is 5.93. The van der Waals surface area contributed by atoms with Crippen LogP contribution in [0, 0.1) is 6.92 Å². The number of carbonyl (C=O) groups excluding carboxylic acids is 1. The molecule has 1 aromatic carbocycles. The van der Waals surface area contributed by atoms with E-state index in [1.165, 1.54) is 11.3 Å². The Morgan fingerprint density at radius 2 is 2.00 bits per heavy atom. The molecular weight excluding hydrogens is 310 g/mol. The highest BCUT2D eigenvalue weighted by atomic mass is 35.5. The number of halogens is 1. The van der Waals surface area contributed by atoms with Crippen LogP contribution in [0.5, 0.6) is 0 Å². The van der Waals surface area contributed by atoms with Gasteiger partial charge in [-0.3, -0.25) is 4.79 Å². The van der Waals surface area contributed by atoms with Gasteiger partial charge in [-0.25, -0.2) is 4.98 Å². The van der Waals surface area contributed by atoms with Crippen LogP contribution in [-0.4, -0.2) is 16.9 Å². The van der Waals surface area contributed by atoms with Crippen molar-refractivity contribution in [2.24, 2.45) is 16.5 Å². The van der Waals surface area contributed by atoms with Crippen molar-refractivity contribution in [1.82, 2.24) is 4.98 Å². The van der Waals surface area contributed by atoms with Gasteiger partial charge < -0.3 is 16.8 Å². The molecule has 0 spiro atoms. The fourth-order valence-corrected chi connectivity index (χ4v) is 2.25. The quantitative estimate of drug-likeness (QED) is 0.590. The normalized spacial score (nSPS) is 9.57. The number of nitrogens with one attached hydrogen (secondary N) is 1. The number of aryl methyl sites for hydroxylation is 1. The molecule has 0 aliphatic rings. The van der Waals surface area contributed by atoms with E-state index in [1.807, 2.05) is 31.2 Å². The molecule has 5 N–H and O–H groups in total. The Kier molecular flexibility index (Phi) is 6.13. The predicted molar refractivity (Wildman–Crippen MR) is 88.3 cm³/mol. The fourth-order valence-electron chi connectivity index (χ4n) is 1.55. The van der Waals surface area contributed by atoms with Gasteiger partial charge in [0.1, 0.15) is 0 Å². The summed E-state index contributed by atoms with van der Waals surface area (Å²) in [5, 5.41) is 5.02. The molecule has 1 heterocycles. The molecule has 0 unspecified atom stereocenters. The molecule has 6 nitrogen and oxygen atoms in total. The number of thiazole rings is 1. The summed E-state index contributed by atoms with van der Waals surface area (Å²) in [4.78, 5) is 19.9. The molecule has 0 bridgehead atoms. The zero-order valence-electron chi connectivity index (χ0n) is 11.4. The van der Waals surface area contributed by atoms with Crippen molar-refractivity contribution in [2.75, 3.05) is 5.32 Å². The Labute approximate surface area is 132 Å². The number of benzene rings is 1. The van der Waals surface area contributed by atoms with Gasteiger partial charge in [-0.15, -0.1) is 23.7 Å². The molecule has 2 aromatic rings. The van der Waals surface area contributed by atoms with Gasteiger partial charge in [0.15, 0.2) is 5.96 Å². The Morgan fingerprint density at radius 3 is 2.62 bits per heavy atom. The minimum atomic E-state index is -0.129. The van der Waals surface area contributed by atoms with E-state index >= 15 is 0 Å². The highest BCUT2D eigenvalue weighted by molar-refractivity contribution is 7.13. The number of nitrogens with two attached hydrogens (primary N) is 2. The number of rotatable bonds is 4. The lowest BCUT2D eigenvalue weighted by Gasteiger charge is -2.04. The van der Waals surface area contributed by atoms with Crippen LogP contribution in [0.1, 0.15) is 11.3 Å². The molecule has 0 fully saturated rings. The number of nitrogens with zero attached hydrogens (tertiary/aromatic N) is 2. The standard InChI is InChI=1S/C13H15N5OS.ClH/c1-8-2-4-9(5-3-8)16-11(19)6-10-7-20-13(17-10)18-12(14)15;/h2-5,7H,6H2,1H3,(H,16,19)(H4,14,15,17,18);1H. The van der Waals surface area contributed by atoms with E-state index in [0.717, 1.165) is 11.3 Å². The van der Waals surface area contributed by atoms with Crippen molar-refractivity contribution < 1.29 is 4.79 Å². The molecule has 0 radical (unpaired) electrons. The van der Waals surface area contributed by atoms with Crippen LogP contribution in [0.4, 0.5) is 10.8 Å². The van der Waals surface area contributed by atoms with Crippen molar-refractivity contribution in [3.05, 3.63) is 40.9 Å². The van der Waals surface area contributed by atoms with Crippen molar-refractivity contribution in [1.29, 1.82) is 0 Å². The molecule has 0 saturated carbocycles. The highest BCUT2D eigenvalue weighted by Crippen LogP contribution is 2.19. The second-order valence-electron chi connectivity index (χ2n) is 4.25. The average Bonchev–Trinajstić information content (AvgIpc) is 2.78. The van der Waals surface area contributed by atoms with Crippen molar-refractivity contribution in [3.8, 4) is 0 Å². The second kappa shape index (κ2) is 7.61. The minimum absolute atomic E-state index is 0. The van der Waals surface area contributed by atoms with E-state index in [2.05, 4.69) is 15.3 Å². The van der Waals surface area contributed by atoms with Gasteiger partial charge in [-0.1, -0.05) is 17.7 Å². The van der Waals surface area contributed by atoms with Gasteiger partial charge in [-0.05, 0) is 19.1 Å². The first-order valence-corrected chi connectivity index (χ1v) is 6.81. The van der Waals surface area contributed by atoms with Crippen LogP contribution in [0.15, 0.2) is 34.6 Å². The van der Waals surface area contributed by atoms with E-state index in [4.69, 9.17) is 11.5 Å². The predicted octanol–water partition coefficient (Wildman–Crippen LogP) is 1.96. The van der Waals surface area contributed by atoms with Crippen LogP contribution in [-0.2, 0) is 11.2 Å². The van der Waals surface area contributed by atoms with Crippen LogP contribution in [0.2, 0.25) is 0 Å². The summed E-state index contributed by atoms with van der Waals surface area (Å²) in [5.74, 6) is -0.176. The monoisotopic (exact) mass is 325 g/mol. The van der Waals surface area contributed by atoms with E-state index in [-0.39, 0.29) is 30.7 Å². The molecule has 0 saturated heterocycles. The first kappa shape index (κ1) is 16.9. The van der Waals surface area contributed by atoms with Crippen LogP contribution in [0.3, 0.4) is 0 Å². The molecule has 0 atom stereocenters. The van der Waals surface area contributed by atoms with Crippen LogP contribution < -0.4 is 16.8 Å². The lowest BCUT2D eigenvalue weighted by Crippen LogP contribution is -2.21. The first-order chi connectivity index (χ1) is 9.52. The summed E-state index contributed by atoms with van der Waals surface area (Å²) in [6, 6.07) is 7.60. The molecule has 1 amide bonds. The van der Waals surface area contributed by atoms with Gasteiger partial charge >= 0.3 is 0 Å². The Hall–Kier alpha value is -2.12. The molecule has 112 valence electrons. The van der Waals surface area contributed by atoms with Gasteiger partial charge in [0.05, 0.1) is 12.1 Å². The largest absolute Gasteiger partial charge is 0.370 e. The zero-order valence-corrected chi connectivity index (χ0v) is 13.0. The maximum Gasteiger partial charge on any atom is 0.230 e. The number of hydrogen-bond donors (Lipinski definition) is 3.